The van der Waals surface area contributed by atoms with Crippen LogP contribution in [0.15, 0.2) is 6.20 Å². The minimum absolute atomic E-state index is 0.453. The Balaban J connectivity index is 3.36. The molecule has 7 heteroatoms. The van der Waals surface area contributed by atoms with Gasteiger partial charge in [-0.2, -0.15) is 0 Å². The van der Waals surface area contributed by atoms with Crippen molar-refractivity contribution in [2.24, 2.45) is 0 Å². The molecule has 1 heterocycles. The van der Waals surface area contributed by atoms with E-state index in [1.807, 2.05) is 0 Å². The highest BCUT2D eigenvalue weighted by molar-refractivity contribution is 6.33. The van der Waals surface area contributed by atoms with E-state index in [-0.39, 0.29) is 0 Å². The Kier molecular flexibility index (Phi) is 2.09. The van der Waals surface area contributed by atoms with Gasteiger partial charge in [0.05, 0.1) is 4.92 Å². The van der Waals surface area contributed by atoms with Crippen LogP contribution in [0.1, 0.15) is 0 Å². The molecule has 0 radical (unpaired) electrons. The molecule has 0 aromatic carbocycles. The minimum Gasteiger partial charge on any atom is -0.381 e. The number of nitrogen functional groups attached to an aromatic ring is 1. The largest absolute Gasteiger partial charge is 0.381 e. The highest BCUT2D eigenvalue weighted by Gasteiger charge is 2.19. The van der Waals surface area contributed by atoms with E-state index in [1.54, 1.807) is 0 Å². The van der Waals surface area contributed by atoms with E-state index in [4.69, 9.17) is 17.3 Å². The van der Waals surface area contributed by atoms with Gasteiger partial charge in [0, 0.05) is 0 Å². The Morgan fingerprint density at radius 3 is 2.83 bits per heavy atom. The first-order valence-corrected chi connectivity index (χ1v) is 3.15. The molecular weight excluding hydrogens is 189 g/mol. The molecule has 0 atom stereocenters. The van der Waals surface area contributed by atoms with Gasteiger partial charge >= 0.3 is 5.69 Å². The molecular formula is C5H3ClFN3O2. The van der Waals surface area contributed by atoms with Crippen LogP contribution in [-0.4, -0.2) is 9.91 Å². The summed E-state index contributed by atoms with van der Waals surface area (Å²) < 4.78 is 12.7. The van der Waals surface area contributed by atoms with Gasteiger partial charge in [0.25, 0.3) is 0 Å². The van der Waals surface area contributed by atoms with E-state index in [0.29, 0.717) is 0 Å². The molecule has 1 aromatic rings. The molecule has 5 nitrogen and oxygen atoms in total. The zero-order chi connectivity index (χ0) is 9.30. The zero-order valence-electron chi connectivity index (χ0n) is 5.62. The molecule has 0 aliphatic carbocycles. The van der Waals surface area contributed by atoms with Crippen molar-refractivity contribution in [3.05, 3.63) is 27.2 Å². The second kappa shape index (κ2) is 2.90. The van der Waals surface area contributed by atoms with Crippen LogP contribution in [0, 0.1) is 15.9 Å². The first-order chi connectivity index (χ1) is 5.54. The average molecular weight is 192 g/mol. The predicted octanol–water partition coefficient (Wildman–Crippen LogP) is 1.36. The Bertz CT molecular complexity index is 344. The maximum Gasteiger partial charge on any atom is 0.309 e. The monoisotopic (exact) mass is 191 g/mol. The summed E-state index contributed by atoms with van der Waals surface area (Å²) in [5.41, 5.74) is 4.40. The Morgan fingerprint density at radius 1 is 1.75 bits per heavy atom. The summed E-state index contributed by atoms with van der Waals surface area (Å²) in [6.45, 7) is 0. The third-order valence-corrected chi connectivity index (χ3v) is 1.52. The van der Waals surface area contributed by atoms with E-state index in [9.17, 15) is 14.5 Å². The number of anilines is 1. The number of halogens is 2. The lowest BCUT2D eigenvalue weighted by molar-refractivity contribution is -0.385. The summed E-state index contributed by atoms with van der Waals surface area (Å²) in [7, 11) is 0. The fourth-order valence-electron chi connectivity index (χ4n) is 0.596. The van der Waals surface area contributed by atoms with E-state index >= 15 is 0 Å². The molecule has 64 valence electrons. The summed E-state index contributed by atoms with van der Waals surface area (Å²) in [5, 5.41) is 9.54. The lowest BCUT2D eigenvalue weighted by Crippen LogP contribution is -1.99. The molecule has 0 aliphatic rings. The van der Waals surface area contributed by atoms with Gasteiger partial charge in [-0.25, -0.2) is 9.37 Å². The average Bonchev–Trinajstić information content (AvgIpc) is 2.00. The Labute approximate surface area is 71.1 Å². The van der Waals surface area contributed by atoms with Crippen molar-refractivity contribution in [1.29, 1.82) is 0 Å². The molecule has 0 unspecified atom stereocenters. The third-order valence-electron chi connectivity index (χ3n) is 1.17. The second-order valence-corrected chi connectivity index (χ2v) is 2.29. The summed E-state index contributed by atoms with van der Waals surface area (Å²) in [5.74, 6) is -1.52. The molecule has 0 aliphatic heterocycles. The van der Waals surface area contributed by atoms with Gasteiger partial charge in [0.15, 0.2) is 16.7 Å². The van der Waals surface area contributed by atoms with E-state index in [2.05, 4.69) is 4.98 Å². The third kappa shape index (κ3) is 1.28. The molecule has 0 saturated heterocycles. The highest BCUT2D eigenvalue weighted by atomic mass is 35.5. The highest BCUT2D eigenvalue weighted by Crippen LogP contribution is 2.28. The number of nitrogens with two attached hydrogens (primary N) is 1. The van der Waals surface area contributed by atoms with Gasteiger partial charge in [-0.3, -0.25) is 10.1 Å². The summed E-state index contributed by atoms with van der Waals surface area (Å²) >= 11 is 5.26. The van der Waals surface area contributed by atoms with Gasteiger partial charge in [-0.1, -0.05) is 11.6 Å². The lowest BCUT2D eigenvalue weighted by Gasteiger charge is -1.97. The van der Waals surface area contributed by atoms with Crippen LogP contribution in [0.3, 0.4) is 0 Å². The van der Waals surface area contributed by atoms with Crippen molar-refractivity contribution in [3.63, 3.8) is 0 Å². The number of hydrogen-bond acceptors (Lipinski definition) is 4. The molecule has 1 aromatic heterocycles. The van der Waals surface area contributed by atoms with Gasteiger partial charge in [-0.05, 0) is 0 Å². The fraction of sp³-hybridized carbons (Fsp3) is 0. The van der Waals surface area contributed by atoms with Gasteiger partial charge < -0.3 is 5.73 Å². The summed E-state index contributed by atoms with van der Waals surface area (Å²) in [6, 6.07) is 0. The minimum atomic E-state index is -1.06. The maximum absolute atomic E-state index is 12.7. The van der Waals surface area contributed by atoms with Gasteiger partial charge in [0.1, 0.15) is 6.20 Å². The lowest BCUT2D eigenvalue weighted by atomic mass is 10.4. The fourth-order valence-corrected chi connectivity index (χ4v) is 0.811. The first-order valence-electron chi connectivity index (χ1n) is 2.78. The van der Waals surface area contributed by atoms with Crippen LogP contribution in [0.2, 0.25) is 5.02 Å². The van der Waals surface area contributed by atoms with Crippen molar-refractivity contribution >= 4 is 23.1 Å². The second-order valence-electron chi connectivity index (χ2n) is 1.91. The van der Waals surface area contributed by atoms with Crippen LogP contribution < -0.4 is 5.73 Å². The quantitative estimate of drug-likeness (QED) is 0.537. The van der Waals surface area contributed by atoms with Crippen LogP contribution in [0.25, 0.3) is 0 Å². The Hall–Kier alpha value is -1.43. The van der Waals surface area contributed by atoms with Gasteiger partial charge in [-0.15, -0.1) is 0 Å². The van der Waals surface area contributed by atoms with Crippen molar-refractivity contribution in [2.75, 3.05) is 5.73 Å². The number of rotatable bonds is 1. The number of aromatic nitrogens is 1. The maximum atomic E-state index is 12.7. The predicted molar refractivity (Wildman–Crippen MR) is 40.3 cm³/mol. The topological polar surface area (TPSA) is 82.0 Å². The smallest absolute Gasteiger partial charge is 0.309 e. The van der Waals surface area contributed by atoms with Crippen LogP contribution >= 0.6 is 11.6 Å². The molecule has 12 heavy (non-hydrogen) atoms. The normalized spacial score (nSPS) is 9.83. The van der Waals surface area contributed by atoms with Gasteiger partial charge in [0.2, 0.25) is 0 Å². The Morgan fingerprint density at radius 2 is 2.33 bits per heavy atom. The van der Waals surface area contributed by atoms with Crippen LogP contribution in [0.4, 0.5) is 15.9 Å². The molecule has 0 spiro atoms. The SMILES string of the molecule is Nc1ncc([N+](=O)[O-])c(Cl)c1F. The summed E-state index contributed by atoms with van der Waals surface area (Å²) in [4.78, 5) is 12.6. The number of hydrogen-bond donors (Lipinski definition) is 1. The van der Waals surface area contributed by atoms with Crippen molar-refractivity contribution in [1.82, 2.24) is 4.98 Å². The van der Waals surface area contributed by atoms with Crippen LogP contribution in [0.5, 0.6) is 0 Å². The van der Waals surface area contributed by atoms with Crippen molar-refractivity contribution in [3.8, 4) is 0 Å². The number of nitro groups is 1. The molecule has 0 fully saturated rings. The van der Waals surface area contributed by atoms with E-state index in [1.165, 1.54) is 0 Å². The van der Waals surface area contributed by atoms with Crippen LogP contribution in [-0.2, 0) is 0 Å². The summed E-state index contributed by atoms with van der Waals surface area (Å²) in [6.07, 6.45) is 0.806. The molecule has 0 bridgehead atoms. The number of nitrogens with zero attached hydrogens (tertiary/aromatic N) is 2. The standard InChI is InChI=1S/C5H3ClFN3O2/c6-3-2(10(11)12)1-9-5(8)4(3)7/h1H,(H2,8,9). The number of pyridine rings is 1. The van der Waals surface area contributed by atoms with E-state index < -0.39 is 27.3 Å². The molecule has 0 saturated carbocycles. The first kappa shape index (κ1) is 8.66. The van der Waals surface area contributed by atoms with Crippen molar-refractivity contribution in [2.45, 2.75) is 0 Å². The molecule has 2 N–H and O–H groups in total. The van der Waals surface area contributed by atoms with Crippen molar-refractivity contribution < 1.29 is 9.31 Å². The van der Waals surface area contributed by atoms with E-state index in [0.717, 1.165) is 6.20 Å². The molecule has 0 amide bonds. The zero-order valence-corrected chi connectivity index (χ0v) is 6.38. The molecule has 1 rings (SSSR count).